The van der Waals surface area contributed by atoms with Gasteiger partial charge in [0.2, 0.25) is 15.6 Å². The molecule has 1 aliphatic carbocycles. The first-order valence-electron chi connectivity index (χ1n) is 7.29. The van der Waals surface area contributed by atoms with E-state index in [1.54, 1.807) is 42.5 Å². The Balaban J connectivity index is 2.07. The predicted octanol–water partition coefficient (Wildman–Crippen LogP) is 2.89. The van der Waals surface area contributed by atoms with Crippen LogP contribution in [0.25, 0.3) is 5.57 Å². The summed E-state index contributed by atoms with van der Waals surface area (Å²) in [6, 6.07) is 14.7. The van der Waals surface area contributed by atoms with Crippen LogP contribution in [0.3, 0.4) is 0 Å². The summed E-state index contributed by atoms with van der Waals surface area (Å²) in [5, 5.41) is 0. The molecule has 24 heavy (non-hydrogen) atoms. The van der Waals surface area contributed by atoms with E-state index in [0.717, 1.165) is 11.6 Å². The summed E-state index contributed by atoms with van der Waals surface area (Å²) >= 11 is 0. The molecule has 0 fully saturated rings. The van der Waals surface area contributed by atoms with Gasteiger partial charge in [-0.1, -0.05) is 48.0 Å². The van der Waals surface area contributed by atoms with E-state index in [0.29, 0.717) is 5.56 Å². The first-order valence-corrected chi connectivity index (χ1v) is 8.77. The van der Waals surface area contributed by atoms with Crippen LogP contribution in [0.2, 0.25) is 0 Å². The lowest BCUT2D eigenvalue weighted by molar-refractivity contribution is -0.113. The van der Waals surface area contributed by atoms with Crippen molar-refractivity contribution in [2.75, 3.05) is 0 Å². The van der Waals surface area contributed by atoms with E-state index < -0.39 is 26.3 Å². The van der Waals surface area contributed by atoms with Crippen LogP contribution >= 0.6 is 0 Å². The Hall–Kier alpha value is -2.79. The third-order valence-corrected chi connectivity index (χ3v) is 5.51. The lowest BCUT2D eigenvalue weighted by atomic mass is 9.96. The lowest BCUT2D eigenvalue weighted by Gasteiger charge is -2.14. The molecule has 0 saturated heterocycles. The van der Waals surface area contributed by atoms with Crippen molar-refractivity contribution in [2.24, 2.45) is 0 Å². The van der Waals surface area contributed by atoms with Crippen molar-refractivity contribution in [1.29, 1.82) is 0 Å². The third kappa shape index (κ3) is 2.86. The summed E-state index contributed by atoms with van der Waals surface area (Å²) in [5.74, 6) is -1.18. The van der Waals surface area contributed by atoms with Crippen molar-refractivity contribution in [3.63, 3.8) is 0 Å². The molecule has 0 aliphatic heterocycles. The number of Topliss-reactive ketones (excluding diaryl/α,β-unsaturated/α-hetero) is 1. The minimum atomic E-state index is -4.05. The van der Waals surface area contributed by atoms with Crippen LogP contribution in [0, 0.1) is 6.92 Å². The van der Waals surface area contributed by atoms with E-state index in [1.807, 2.05) is 6.92 Å². The summed E-state index contributed by atoms with van der Waals surface area (Å²) in [4.78, 5) is 24.2. The number of aryl methyl sites for hydroxylation is 1. The molecule has 0 unspecified atom stereocenters. The van der Waals surface area contributed by atoms with Crippen LogP contribution in [0.1, 0.15) is 11.1 Å². The topological polar surface area (TPSA) is 68.3 Å². The SMILES string of the molecule is Cc1ccc(S(=O)(=O)C2=CC(=O)C=C(c3ccccc3)C2=O)cc1. The standard InChI is InChI=1S/C19H14O4S/c1-13-7-9-16(10-8-13)24(22,23)18-12-15(20)11-17(19(18)21)14-5-3-2-4-6-14/h2-12H,1H3. The van der Waals surface area contributed by atoms with Gasteiger partial charge in [0.15, 0.2) is 5.78 Å². The van der Waals surface area contributed by atoms with Crippen LogP contribution in [0.5, 0.6) is 0 Å². The van der Waals surface area contributed by atoms with Gasteiger partial charge in [-0.05, 0) is 30.7 Å². The van der Waals surface area contributed by atoms with Crippen molar-refractivity contribution >= 4 is 27.0 Å². The van der Waals surface area contributed by atoms with Crippen LogP contribution in [0.4, 0.5) is 0 Å². The molecule has 0 radical (unpaired) electrons. The fourth-order valence-electron chi connectivity index (χ4n) is 2.45. The number of hydrogen-bond donors (Lipinski definition) is 0. The van der Waals surface area contributed by atoms with E-state index in [2.05, 4.69) is 0 Å². The number of ketones is 2. The van der Waals surface area contributed by atoms with Gasteiger partial charge in [-0.25, -0.2) is 8.42 Å². The minimum Gasteiger partial charge on any atom is -0.290 e. The molecule has 0 saturated carbocycles. The molecular weight excluding hydrogens is 324 g/mol. The predicted molar refractivity (Wildman–Crippen MR) is 90.9 cm³/mol. The van der Waals surface area contributed by atoms with Gasteiger partial charge in [-0.15, -0.1) is 0 Å². The van der Waals surface area contributed by atoms with Crippen LogP contribution in [-0.4, -0.2) is 20.0 Å². The third-order valence-electron chi connectivity index (χ3n) is 3.73. The Morgan fingerprint density at radius 3 is 2.04 bits per heavy atom. The molecule has 2 aromatic rings. The Kier molecular flexibility index (Phi) is 4.03. The Morgan fingerprint density at radius 2 is 1.42 bits per heavy atom. The average Bonchev–Trinajstić information content (AvgIpc) is 2.57. The second kappa shape index (κ2) is 6.02. The number of carbonyl (C=O) groups excluding carboxylic acids is 2. The van der Waals surface area contributed by atoms with Gasteiger partial charge in [-0.3, -0.25) is 9.59 Å². The number of rotatable bonds is 3. The molecule has 0 N–H and O–H groups in total. The van der Waals surface area contributed by atoms with E-state index in [9.17, 15) is 18.0 Å². The summed E-state index contributed by atoms with van der Waals surface area (Å²) in [7, 11) is -4.05. The molecule has 5 heteroatoms. The maximum Gasteiger partial charge on any atom is 0.210 e. The van der Waals surface area contributed by atoms with Gasteiger partial charge in [0, 0.05) is 11.6 Å². The van der Waals surface area contributed by atoms with E-state index in [1.165, 1.54) is 18.2 Å². The van der Waals surface area contributed by atoms with E-state index in [4.69, 9.17) is 0 Å². The molecule has 0 atom stereocenters. The molecule has 1 aliphatic rings. The smallest absolute Gasteiger partial charge is 0.210 e. The van der Waals surface area contributed by atoms with E-state index >= 15 is 0 Å². The second-order valence-electron chi connectivity index (χ2n) is 5.48. The molecule has 0 aromatic heterocycles. The van der Waals surface area contributed by atoms with Crippen molar-refractivity contribution in [3.05, 3.63) is 82.8 Å². The van der Waals surface area contributed by atoms with Crippen molar-refractivity contribution < 1.29 is 18.0 Å². The first kappa shape index (κ1) is 16.1. The maximum atomic E-state index is 12.8. The normalized spacial score (nSPS) is 15.0. The Morgan fingerprint density at radius 1 is 0.792 bits per heavy atom. The molecule has 0 bridgehead atoms. The molecule has 0 spiro atoms. The monoisotopic (exact) mass is 338 g/mol. The van der Waals surface area contributed by atoms with Crippen molar-refractivity contribution in [2.45, 2.75) is 11.8 Å². The van der Waals surface area contributed by atoms with Gasteiger partial charge in [0.1, 0.15) is 4.91 Å². The molecule has 120 valence electrons. The quantitative estimate of drug-likeness (QED) is 0.807. The molecule has 3 rings (SSSR count). The highest BCUT2D eigenvalue weighted by Gasteiger charge is 2.33. The number of allylic oxidation sites excluding steroid dienone is 4. The van der Waals surface area contributed by atoms with Crippen LogP contribution in [-0.2, 0) is 19.4 Å². The summed E-state index contributed by atoms with van der Waals surface area (Å²) in [5.41, 5.74) is 1.51. The molecule has 4 nitrogen and oxygen atoms in total. The van der Waals surface area contributed by atoms with Crippen molar-refractivity contribution in [3.8, 4) is 0 Å². The summed E-state index contributed by atoms with van der Waals surface area (Å²) in [6.07, 6.45) is 2.07. The first-order chi connectivity index (χ1) is 11.4. The van der Waals surface area contributed by atoms with Gasteiger partial charge in [0.25, 0.3) is 0 Å². The Labute approximate surface area is 140 Å². The molecule has 0 heterocycles. The van der Waals surface area contributed by atoms with Gasteiger partial charge < -0.3 is 0 Å². The number of sulfone groups is 1. The highest BCUT2D eigenvalue weighted by atomic mass is 32.2. The average molecular weight is 338 g/mol. The minimum absolute atomic E-state index is 0.00480. The largest absolute Gasteiger partial charge is 0.290 e. The fourth-order valence-corrected chi connectivity index (χ4v) is 3.83. The maximum absolute atomic E-state index is 12.8. The van der Waals surface area contributed by atoms with E-state index in [-0.39, 0.29) is 10.5 Å². The summed E-state index contributed by atoms with van der Waals surface area (Å²) in [6.45, 7) is 1.83. The number of hydrogen-bond acceptors (Lipinski definition) is 4. The molecular formula is C19H14O4S. The zero-order chi connectivity index (χ0) is 17.3. The zero-order valence-electron chi connectivity index (χ0n) is 12.9. The zero-order valence-corrected chi connectivity index (χ0v) is 13.7. The lowest BCUT2D eigenvalue weighted by Crippen LogP contribution is -2.20. The molecule has 2 aromatic carbocycles. The van der Waals surface area contributed by atoms with Gasteiger partial charge >= 0.3 is 0 Å². The number of benzene rings is 2. The van der Waals surface area contributed by atoms with Gasteiger partial charge in [-0.2, -0.15) is 0 Å². The fraction of sp³-hybridized carbons (Fsp3) is 0.0526. The van der Waals surface area contributed by atoms with Crippen LogP contribution in [0.15, 0.2) is 76.5 Å². The number of carbonyl (C=O) groups is 2. The summed E-state index contributed by atoms with van der Waals surface area (Å²) < 4.78 is 25.5. The van der Waals surface area contributed by atoms with Crippen molar-refractivity contribution in [1.82, 2.24) is 0 Å². The second-order valence-corrected chi connectivity index (χ2v) is 7.40. The highest BCUT2D eigenvalue weighted by molar-refractivity contribution is 7.96. The van der Waals surface area contributed by atoms with Crippen LogP contribution < -0.4 is 0 Å². The molecule has 0 amide bonds. The van der Waals surface area contributed by atoms with Gasteiger partial charge in [0.05, 0.1) is 4.90 Å². The highest BCUT2D eigenvalue weighted by Crippen LogP contribution is 2.29. The Bertz CT molecular complexity index is 979.